The molecule has 2 heterocycles. The van der Waals surface area contributed by atoms with E-state index < -0.39 is 0 Å². The molecule has 2 aliphatic rings. The van der Waals surface area contributed by atoms with Crippen LogP contribution in [-0.4, -0.2) is 17.6 Å². The van der Waals surface area contributed by atoms with Crippen LogP contribution in [0.3, 0.4) is 0 Å². The summed E-state index contributed by atoms with van der Waals surface area (Å²) in [5.74, 6) is 0.733. The van der Waals surface area contributed by atoms with Crippen molar-refractivity contribution in [2.75, 3.05) is 6.54 Å². The second-order valence-electron chi connectivity index (χ2n) is 4.12. The maximum Gasteiger partial charge on any atom is 0.0468 e. The summed E-state index contributed by atoms with van der Waals surface area (Å²) in [5, 5.41) is 3.56. The molecule has 2 atom stereocenters. The highest BCUT2D eigenvalue weighted by Crippen LogP contribution is 2.34. The molecule has 0 amide bonds. The van der Waals surface area contributed by atoms with E-state index in [1.165, 1.54) is 37.1 Å². The molecular formula is C11H14N2. The van der Waals surface area contributed by atoms with Crippen molar-refractivity contribution in [3.05, 3.63) is 29.6 Å². The van der Waals surface area contributed by atoms with Crippen LogP contribution in [0, 0.1) is 0 Å². The van der Waals surface area contributed by atoms with E-state index in [0.29, 0.717) is 0 Å². The van der Waals surface area contributed by atoms with Crippen LogP contribution >= 0.6 is 0 Å². The van der Waals surface area contributed by atoms with Crippen LogP contribution in [0.4, 0.5) is 0 Å². The van der Waals surface area contributed by atoms with Crippen LogP contribution in [0.2, 0.25) is 0 Å². The lowest BCUT2D eigenvalue weighted by molar-refractivity contribution is 0.333. The Balaban J connectivity index is 2.06. The molecule has 68 valence electrons. The van der Waals surface area contributed by atoms with Crippen molar-refractivity contribution in [2.24, 2.45) is 0 Å². The molecule has 1 saturated heterocycles. The third-order valence-electron chi connectivity index (χ3n) is 3.27. The first kappa shape index (κ1) is 7.51. The fourth-order valence-electron chi connectivity index (χ4n) is 2.67. The summed E-state index contributed by atoms with van der Waals surface area (Å²) < 4.78 is 0. The highest BCUT2D eigenvalue weighted by atomic mass is 14.9. The van der Waals surface area contributed by atoms with Gasteiger partial charge in [-0.05, 0) is 37.4 Å². The van der Waals surface area contributed by atoms with Crippen LogP contribution in [0.15, 0.2) is 18.3 Å². The molecule has 2 nitrogen and oxygen atoms in total. The Morgan fingerprint density at radius 2 is 2.46 bits per heavy atom. The molecule has 13 heavy (non-hydrogen) atoms. The van der Waals surface area contributed by atoms with E-state index >= 15 is 0 Å². The predicted molar refractivity (Wildman–Crippen MR) is 51.7 cm³/mol. The number of nitrogens with one attached hydrogen (secondary N) is 1. The second-order valence-corrected chi connectivity index (χ2v) is 4.12. The number of piperidine rings is 1. The van der Waals surface area contributed by atoms with Crippen molar-refractivity contribution in [2.45, 2.75) is 31.2 Å². The fourth-order valence-corrected chi connectivity index (χ4v) is 2.67. The maximum absolute atomic E-state index is 4.51. The predicted octanol–water partition coefficient (Wildman–Crippen LogP) is 1.47. The van der Waals surface area contributed by atoms with Crippen molar-refractivity contribution < 1.29 is 0 Å². The zero-order valence-electron chi connectivity index (χ0n) is 7.66. The van der Waals surface area contributed by atoms with Crippen LogP contribution in [0.5, 0.6) is 0 Å². The lowest BCUT2D eigenvalue weighted by atomic mass is 9.79. The first-order chi connectivity index (χ1) is 6.43. The fraction of sp³-hybridized carbons (Fsp3) is 0.545. The number of hydrogen-bond acceptors (Lipinski definition) is 2. The summed E-state index contributed by atoms with van der Waals surface area (Å²) in [6, 6.07) is 5.00. The monoisotopic (exact) mass is 174 g/mol. The largest absolute Gasteiger partial charge is 0.314 e. The van der Waals surface area contributed by atoms with E-state index in [2.05, 4.69) is 22.4 Å². The minimum Gasteiger partial charge on any atom is -0.314 e. The Kier molecular flexibility index (Phi) is 1.62. The normalized spacial score (nSPS) is 31.1. The minimum atomic E-state index is 0.718. The van der Waals surface area contributed by atoms with Gasteiger partial charge in [-0.25, -0.2) is 0 Å². The molecule has 1 aromatic rings. The van der Waals surface area contributed by atoms with E-state index in [1.807, 2.05) is 6.20 Å². The molecule has 3 rings (SSSR count). The topological polar surface area (TPSA) is 24.9 Å². The van der Waals surface area contributed by atoms with Crippen molar-refractivity contribution >= 4 is 0 Å². The highest BCUT2D eigenvalue weighted by Gasteiger charge is 2.30. The SMILES string of the molecule is c1cnc2c(c1)C[C@H]1C[C@@H]2CCN1. The van der Waals surface area contributed by atoms with E-state index in [0.717, 1.165) is 12.0 Å². The summed E-state index contributed by atoms with van der Waals surface area (Å²) in [7, 11) is 0. The van der Waals surface area contributed by atoms with Crippen molar-refractivity contribution in [3.8, 4) is 0 Å². The molecular weight excluding hydrogens is 160 g/mol. The minimum absolute atomic E-state index is 0.718. The second kappa shape index (κ2) is 2.81. The molecule has 0 spiro atoms. The van der Waals surface area contributed by atoms with Gasteiger partial charge in [-0.1, -0.05) is 6.07 Å². The van der Waals surface area contributed by atoms with Gasteiger partial charge in [0, 0.05) is 23.9 Å². The number of nitrogens with zero attached hydrogens (tertiary/aromatic N) is 1. The quantitative estimate of drug-likeness (QED) is 0.644. The van der Waals surface area contributed by atoms with E-state index in [-0.39, 0.29) is 0 Å². The lowest BCUT2D eigenvalue weighted by Gasteiger charge is -2.35. The van der Waals surface area contributed by atoms with Gasteiger partial charge in [0.05, 0.1) is 0 Å². The van der Waals surface area contributed by atoms with Crippen LogP contribution in [0.1, 0.15) is 30.0 Å². The number of aromatic nitrogens is 1. The smallest absolute Gasteiger partial charge is 0.0468 e. The zero-order chi connectivity index (χ0) is 8.67. The van der Waals surface area contributed by atoms with Crippen molar-refractivity contribution in [1.29, 1.82) is 0 Å². The molecule has 1 aliphatic carbocycles. The molecule has 2 heteroatoms. The highest BCUT2D eigenvalue weighted by molar-refractivity contribution is 5.28. The average molecular weight is 174 g/mol. The Bertz CT molecular complexity index is 322. The third-order valence-corrected chi connectivity index (χ3v) is 3.27. The van der Waals surface area contributed by atoms with Crippen molar-refractivity contribution in [1.82, 2.24) is 10.3 Å². The molecule has 0 saturated carbocycles. The van der Waals surface area contributed by atoms with Gasteiger partial charge in [-0.3, -0.25) is 4.98 Å². The molecule has 1 N–H and O–H groups in total. The average Bonchev–Trinajstić information content (AvgIpc) is 2.18. The summed E-state index contributed by atoms with van der Waals surface area (Å²) in [6.45, 7) is 1.17. The summed E-state index contributed by atoms with van der Waals surface area (Å²) >= 11 is 0. The van der Waals surface area contributed by atoms with Gasteiger partial charge >= 0.3 is 0 Å². The van der Waals surface area contributed by atoms with Gasteiger partial charge in [-0.15, -0.1) is 0 Å². The van der Waals surface area contributed by atoms with Gasteiger partial charge in [0.2, 0.25) is 0 Å². The van der Waals surface area contributed by atoms with Crippen LogP contribution in [0.25, 0.3) is 0 Å². The molecule has 0 aromatic carbocycles. The summed E-state index contributed by atoms with van der Waals surface area (Å²) in [5.41, 5.74) is 2.84. The lowest BCUT2D eigenvalue weighted by Crippen LogP contribution is -2.42. The number of fused-ring (bicyclic) bond motifs is 4. The van der Waals surface area contributed by atoms with E-state index in [1.54, 1.807) is 0 Å². The molecule has 1 aromatic heterocycles. The molecule has 0 radical (unpaired) electrons. The third kappa shape index (κ3) is 1.17. The first-order valence-corrected chi connectivity index (χ1v) is 5.10. The standard InChI is InChI=1S/C11H14N2/c1-2-8-6-10-7-9(3-5-12-10)11(8)13-4-1/h1-2,4,9-10,12H,3,5-7H2/t9-,10-/m0/s1. The maximum atomic E-state index is 4.51. The van der Waals surface area contributed by atoms with Crippen LogP contribution in [-0.2, 0) is 6.42 Å². The number of pyridine rings is 1. The number of rotatable bonds is 0. The summed E-state index contributed by atoms with van der Waals surface area (Å²) in [4.78, 5) is 4.51. The van der Waals surface area contributed by atoms with Gasteiger partial charge in [0.1, 0.15) is 0 Å². The molecule has 2 bridgehead atoms. The Morgan fingerprint density at radius 1 is 1.46 bits per heavy atom. The summed E-state index contributed by atoms with van der Waals surface area (Å²) in [6.07, 6.45) is 5.67. The van der Waals surface area contributed by atoms with Gasteiger partial charge in [0.25, 0.3) is 0 Å². The van der Waals surface area contributed by atoms with Gasteiger partial charge in [-0.2, -0.15) is 0 Å². The van der Waals surface area contributed by atoms with E-state index in [4.69, 9.17) is 0 Å². The Hall–Kier alpha value is -0.890. The Labute approximate surface area is 78.4 Å². The van der Waals surface area contributed by atoms with Gasteiger partial charge in [0.15, 0.2) is 0 Å². The van der Waals surface area contributed by atoms with Crippen molar-refractivity contribution in [3.63, 3.8) is 0 Å². The Morgan fingerprint density at radius 3 is 3.46 bits per heavy atom. The molecule has 1 fully saturated rings. The molecule has 0 unspecified atom stereocenters. The van der Waals surface area contributed by atoms with Gasteiger partial charge < -0.3 is 5.32 Å². The number of hydrogen-bond donors (Lipinski definition) is 1. The van der Waals surface area contributed by atoms with Crippen LogP contribution < -0.4 is 5.32 Å². The van der Waals surface area contributed by atoms with E-state index in [9.17, 15) is 0 Å². The zero-order valence-corrected chi connectivity index (χ0v) is 7.66. The first-order valence-electron chi connectivity index (χ1n) is 5.10. The molecule has 1 aliphatic heterocycles.